The summed E-state index contributed by atoms with van der Waals surface area (Å²) in [5.41, 5.74) is 1.35. The Hall–Kier alpha value is -2.72. The van der Waals surface area contributed by atoms with Gasteiger partial charge in [-0.05, 0) is 19.1 Å². The number of carbonyl (C=O) groups excluding carboxylic acids is 1. The van der Waals surface area contributed by atoms with Gasteiger partial charge in [-0.2, -0.15) is 5.26 Å². The number of H-pyrrole nitrogens is 1. The van der Waals surface area contributed by atoms with Crippen LogP contribution in [-0.4, -0.2) is 45.5 Å². The number of pyridine rings is 1. The molecule has 0 aromatic carbocycles. The Morgan fingerprint density at radius 1 is 1.52 bits per heavy atom. The molecule has 3 heterocycles. The summed E-state index contributed by atoms with van der Waals surface area (Å²) in [5.74, 6) is 0.557. The van der Waals surface area contributed by atoms with Crippen molar-refractivity contribution in [2.45, 2.75) is 25.5 Å². The molecule has 0 aliphatic carbocycles. The van der Waals surface area contributed by atoms with E-state index in [1.54, 1.807) is 43.5 Å². The number of aromatic nitrogens is 3. The van der Waals surface area contributed by atoms with Gasteiger partial charge in [-0.1, -0.05) is 0 Å². The molecule has 7 heteroatoms. The quantitative estimate of drug-likeness (QED) is 0.928. The van der Waals surface area contributed by atoms with Crippen LogP contribution in [0.1, 0.15) is 40.0 Å². The van der Waals surface area contributed by atoms with E-state index in [0.29, 0.717) is 29.9 Å². The van der Waals surface area contributed by atoms with Crippen molar-refractivity contribution in [2.24, 2.45) is 0 Å². The number of nitrogens with zero attached hydrogens (tertiary/aromatic N) is 4. The molecular formula is C16H17N5O2. The van der Waals surface area contributed by atoms with Gasteiger partial charge >= 0.3 is 0 Å². The second-order valence-electron chi connectivity index (χ2n) is 5.48. The lowest BCUT2D eigenvalue weighted by Crippen LogP contribution is -2.33. The van der Waals surface area contributed by atoms with E-state index in [1.165, 1.54) is 0 Å². The molecule has 1 amide bonds. The van der Waals surface area contributed by atoms with E-state index in [1.807, 2.05) is 0 Å². The summed E-state index contributed by atoms with van der Waals surface area (Å²) in [5, 5.41) is 8.98. The number of aryl methyl sites for hydroxylation is 1. The van der Waals surface area contributed by atoms with Crippen molar-refractivity contribution in [3.63, 3.8) is 0 Å². The Morgan fingerprint density at radius 2 is 2.35 bits per heavy atom. The molecule has 2 atom stereocenters. The SMILES string of the molecule is CO[C@@H]1CC(c2ncc[nH]2)N(C(=O)c2ccc(C#N)c(C)n2)C1. The summed E-state index contributed by atoms with van der Waals surface area (Å²) >= 11 is 0. The molecule has 7 nitrogen and oxygen atoms in total. The molecule has 0 saturated carbocycles. The summed E-state index contributed by atoms with van der Waals surface area (Å²) in [6.07, 6.45) is 4.06. The number of carbonyl (C=O) groups is 1. The van der Waals surface area contributed by atoms with Gasteiger partial charge in [0.05, 0.1) is 23.4 Å². The van der Waals surface area contributed by atoms with Crippen LogP contribution in [-0.2, 0) is 4.74 Å². The lowest BCUT2D eigenvalue weighted by Gasteiger charge is -2.22. The average Bonchev–Trinajstić information content (AvgIpc) is 3.22. The standard InChI is InChI=1S/C16H17N5O2/c1-10-11(8-17)3-4-13(20-10)16(22)21-9-12(23-2)7-14(21)15-18-5-6-19-15/h3-6,12,14H,7,9H2,1-2H3,(H,18,19)/t12-,14?/m1/s1. The molecule has 1 unspecified atom stereocenters. The number of hydrogen-bond acceptors (Lipinski definition) is 5. The molecule has 1 fully saturated rings. The van der Waals surface area contributed by atoms with Crippen molar-refractivity contribution in [1.82, 2.24) is 19.9 Å². The fraction of sp³-hybridized carbons (Fsp3) is 0.375. The predicted molar refractivity (Wildman–Crippen MR) is 81.5 cm³/mol. The number of ether oxygens (including phenoxy) is 1. The maximum Gasteiger partial charge on any atom is 0.273 e. The highest BCUT2D eigenvalue weighted by Gasteiger charge is 2.38. The van der Waals surface area contributed by atoms with Crippen molar-refractivity contribution in [3.8, 4) is 6.07 Å². The smallest absolute Gasteiger partial charge is 0.273 e. The van der Waals surface area contributed by atoms with Gasteiger partial charge < -0.3 is 14.6 Å². The largest absolute Gasteiger partial charge is 0.380 e. The zero-order valence-corrected chi connectivity index (χ0v) is 13.0. The van der Waals surface area contributed by atoms with E-state index in [4.69, 9.17) is 10.00 Å². The molecule has 0 radical (unpaired) electrons. The Balaban J connectivity index is 1.90. The lowest BCUT2D eigenvalue weighted by molar-refractivity contribution is 0.0679. The first-order chi connectivity index (χ1) is 11.1. The van der Waals surface area contributed by atoms with Gasteiger partial charge in [0.25, 0.3) is 5.91 Å². The van der Waals surface area contributed by atoms with Gasteiger partial charge in [0.15, 0.2) is 0 Å². The highest BCUT2D eigenvalue weighted by Crippen LogP contribution is 2.32. The van der Waals surface area contributed by atoms with Crippen LogP contribution in [0.2, 0.25) is 0 Å². The van der Waals surface area contributed by atoms with Gasteiger partial charge in [0.2, 0.25) is 0 Å². The zero-order chi connectivity index (χ0) is 16.4. The maximum absolute atomic E-state index is 12.8. The molecule has 1 saturated heterocycles. The normalized spacial score (nSPS) is 20.5. The van der Waals surface area contributed by atoms with Crippen molar-refractivity contribution in [3.05, 3.63) is 47.3 Å². The van der Waals surface area contributed by atoms with Crippen LogP contribution in [0.25, 0.3) is 0 Å². The molecule has 2 aromatic rings. The van der Waals surface area contributed by atoms with E-state index in [0.717, 1.165) is 5.82 Å². The van der Waals surface area contributed by atoms with Gasteiger partial charge in [-0.25, -0.2) is 9.97 Å². The number of amides is 1. The zero-order valence-electron chi connectivity index (χ0n) is 13.0. The minimum Gasteiger partial charge on any atom is -0.380 e. The molecule has 1 N–H and O–H groups in total. The highest BCUT2D eigenvalue weighted by molar-refractivity contribution is 5.93. The number of likely N-dealkylation sites (tertiary alicyclic amines) is 1. The number of aromatic amines is 1. The Kier molecular flexibility index (Phi) is 4.08. The Bertz CT molecular complexity index is 750. The van der Waals surface area contributed by atoms with E-state index < -0.39 is 0 Å². The molecule has 0 spiro atoms. The van der Waals surface area contributed by atoms with Crippen molar-refractivity contribution in [1.29, 1.82) is 5.26 Å². The third kappa shape index (κ3) is 2.81. The minimum atomic E-state index is -0.182. The van der Waals surface area contributed by atoms with Crippen LogP contribution in [0, 0.1) is 18.3 Å². The molecule has 3 rings (SSSR count). The van der Waals surface area contributed by atoms with Crippen LogP contribution < -0.4 is 0 Å². The molecule has 1 aliphatic rings. The van der Waals surface area contributed by atoms with Crippen molar-refractivity contribution >= 4 is 5.91 Å². The number of imidazole rings is 1. The highest BCUT2D eigenvalue weighted by atomic mass is 16.5. The summed E-state index contributed by atoms with van der Waals surface area (Å²) < 4.78 is 5.42. The van der Waals surface area contributed by atoms with Crippen LogP contribution in [0.15, 0.2) is 24.5 Å². The van der Waals surface area contributed by atoms with Gasteiger partial charge in [-0.15, -0.1) is 0 Å². The van der Waals surface area contributed by atoms with Crippen molar-refractivity contribution in [2.75, 3.05) is 13.7 Å². The topological polar surface area (TPSA) is 94.9 Å². The van der Waals surface area contributed by atoms with Gasteiger partial charge in [-0.3, -0.25) is 4.79 Å². The monoisotopic (exact) mass is 311 g/mol. The number of methoxy groups -OCH3 is 1. The van der Waals surface area contributed by atoms with E-state index in [-0.39, 0.29) is 18.1 Å². The second-order valence-corrected chi connectivity index (χ2v) is 5.48. The number of hydrogen-bond donors (Lipinski definition) is 1. The third-order valence-corrected chi connectivity index (χ3v) is 4.12. The predicted octanol–water partition coefficient (Wildman–Crippen LogP) is 1.59. The first-order valence-electron chi connectivity index (χ1n) is 7.34. The number of nitriles is 1. The maximum atomic E-state index is 12.8. The lowest BCUT2D eigenvalue weighted by atomic mass is 10.1. The number of nitrogens with one attached hydrogen (secondary N) is 1. The Labute approximate surface area is 133 Å². The van der Waals surface area contributed by atoms with Gasteiger partial charge in [0, 0.05) is 32.5 Å². The molecule has 1 aliphatic heterocycles. The molecule has 23 heavy (non-hydrogen) atoms. The molecule has 118 valence electrons. The summed E-state index contributed by atoms with van der Waals surface area (Å²) in [6, 6.07) is 5.11. The fourth-order valence-electron chi connectivity index (χ4n) is 2.86. The average molecular weight is 311 g/mol. The fourth-order valence-corrected chi connectivity index (χ4v) is 2.86. The first-order valence-corrected chi connectivity index (χ1v) is 7.34. The summed E-state index contributed by atoms with van der Waals surface area (Å²) in [4.78, 5) is 26.2. The Morgan fingerprint density at radius 3 is 2.96 bits per heavy atom. The number of rotatable bonds is 3. The van der Waals surface area contributed by atoms with Crippen LogP contribution >= 0.6 is 0 Å². The molecule has 2 aromatic heterocycles. The summed E-state index contributed by atoms with van der Waals surface area (Å²) in [7, 11) is 1.64. The third-order valence-electron chi connectivity index (χ3n) is 4.12. The molecular weight excluding hydrogens is 294 g/mol. The first kappa shape index (κ1) is 15.2. The molecule has 0 bridgehead atoms. The van der Waals surface area contributed by atoms with E-state index >= 15 is 0 Å². The second kappa shape index (κ2) is 6.18. The summed E-state index contributed by atoms with van der Waals surface area (Å²) in [6.45, 7) is 2.21. The van der Waals surface area contributed by atoms with Gasteiger partial charge in [0.1, 0.15) is 17.6 Å². The minimum absolute atomic E-state index is 0.0338. The van der Waals surface area contributed by atoms with Crippen LogP contribution in [0.4, 0.5) is 0 Å². The van der Waals surface area contributed by atoms with Crippen LogP contribution in [0.5, 0.6) is 0 Å². The van der Waals surface area contributed by atoms with E-state index in [2.05, 4.69) is 21.0 Å². The van der Waals surface area contributed by atoms with E-state index in [9.17, 15) is 4.79 Å². The van der Waals surface area contributed by atoms with Crippen LogP contribution in [0.3, 0.4) is 0 Å². The van der Waals surface area contributed by atoms with Crippen molar-refractivity contribution < 1.29 is 9.53 Å².